The minimum atomic E-state index is -0.711. The van der Waals surface area contributed by atoms with Crippen molar-refractivity contribution in [2.24, 2.45) is 0 Å². The van der Waals surface area contributed by atoms with Crippen molar-refractivity contribution in [1.82, 2.24) is 0 Å². The van der Waals surface area contributed by atoms with Crippen LogP contribution in [-0.2, 0) is 18.9 Å². The predicted molar refractivity (Wildman–Crippen MR) is 67.6 cm³/mol. The molecule has 2 atom stereocenters. The molecule has 0 radical (unpaired) electrons. The Morgan fingerprint density at radius 1 is 1.25 bits per heavy atom. The zero-order chi connectivity index (χ0) is 12.4. The van der Waals surface area contributed by atoms with Gasteiger partial charge < -0.3 is 18.9 Å². The molecule has 0 aliphatic rings. The second kappa shape index (κ2) is 10.1. The summed E-state index contributed by atoms with van der Waals surface area (Å²) in [5, 5.41) is 0. The molecular weight excluding hydrogens is 327 g/mol. The Morgan fingerprint density at radius 2 is 1.94 bits per heavy atom. The molecule has 6 heteroatoms. The number of ether oxygens (including phenoxy) is 4. The zero-order valence-corrected chi connectivity index (χ0v) is 12.1. The second-order valence-corrected chi connectivity index (χ2v) is 4.65. The van der Waals surface area contributed by atoms with E-state index in [1.807, 2.05) is 36.4 Å². The van der Waals surface area contributed by atoms with Crippen LogP contribution in [0, 0.1) is 0 Å². The van der Waals surface area contributed by atoms with Crippen LogP contribution in [-0.4, -0.2) is 36.4 Å². The molecule has 0 aliphatic heterocycles. The van der Waals surface area contributed by atoms with Crippen LogP contribution < -0.4 is 0 Å². The fourth-order valence-electron chi connectivity index (χ4n) is 0.954. The highest BCUT2D eigenvalue weighted by Gasteiger charge is 2.16. The number of hydrogen-bond donors (Lipinski definition) is 0. The number of alkyl halides is 1. The van der Waals surface area contributed by atoms with Gasteiger partial charge in [0.15, 0.2) is 4.11 Å². The fourth-order valence-corrected chi connectivity index (χ4v) is 1.16. The summed E-state index contributed by atoms with van der Waals surface area (Å²) < 4.78 is 20.0. The molecule has 0 amide bonds. The molecule has 5 nitrogen and oxygen atoms in total. The van der Waals surface area contributed by atoms with Crippen molar-refractivity contribution in [2.45, 2.75) is 37.6 Å². The van der Waals surface area contributed by atoms with Gasteiger partial charge in [-0.2, -0.15) is 0 Å². The first-order chi connectivity index (χ1) is 7.60. The summed E-state index contributed by atoms with van der Waals surface area (Å²) >= 11 is 1.97. The smallest absolute Gasteiger partial charge is 0.421 e. The molecule has 0 rings (SSSR count). The molecule has 0 aromatic heterocycles. The summed E-state index contributed by atoms with van der Waals surface area (Å²) in [4.78, 5) is 11.2. The third kappa shape index (κ3) is 9.17. The van der Waals surface area contributed by atoms with Crippen molar-refractivity contribution in [3.8, 4) is 0 Å². The van der Waals surface area contributed by atoms with Gasteiger partial charge in [0.25, 0.3) is 0 Å². The fraction of sp³-hybridized carbons (Fsp3) is 0.900. The summed E-state index contributed by atoms with van der Waals surface area (Å²) in [5.74, 6) is 0. The van der Waals surface area contributed by atoms with Crippen molar-refractivity contribution in [2.75, 3.05) is 19.8 Å². The number of hydrogen-bond acceptors (Lipinski definition) is 5. The van der Waals surface area contributed by atoms with E-state index in [0.717, 1.165) is 0 Å². The molecule has 0 saturated heterocycles. The third-order valence-electron chi connectivity index (χ3n) is 1.54. The Bertz CT molecular complexity index is 186. The van der Waals surface area contributed by atoms with Crippen molar-refractivity contribution < 1.29 is 23.7 Å². The van der Waals surface area contributed by atoms with Gasteiger partial charge in [-0.1, -0.05) is 0 Å². The maximum atomic E-state index is 11.2. The second-order valence-electron chi connectivity index (χ2n) is 2.90. The molecule has 0 N–H and O–H groups in total. The summed E-state index contributed by atoms with van der Waals surface area (Å²) in [6, 6.07) is 0. The van der Waals surface area contributed by atoms with E-state index in [0.29, 0.717) is 26.2 Å². The number of carbonyl (C=O) groups excluding carboxylic acids is 1. The molecule has 0 heterocycles. The Hall–Kier alpha value is -0.0800. The van der Waals surface area contributed by atoms with E-state index in [-0.39, 0.29) is 4.11 Å². The molecule has 2 unspecified atom stereocenters. The predicted octanol–water partition coefficient (Wildman–Crippen LogP) is 2.71. The molecule has 0 spiro atoms. The SMILES string of the molecule is CCOCCC(OCC)OC(=O)OC(C)I. The summed E-state index contributed by atoms with van der Waals surface area (Å²) in [6.45, 7) is 7.09. The average molecular weight is 346 g/mol. The van der Waals surface area contributed by atoms with E-state index in [4.69, 9.17) is 18.9 Å². The van der Waals surface area contributed by atoms with Crippen molar-refractivity contribution >= 4 is 28.7 Å². The van der Waals surface area contributed by atoms with Crippen molar-refractivity contribution in [3.05, 3.63) is 0 Å². The first kappa shape index (κ1) is 15.9. The van der Waals surface area contributed by atoms with E-state index in [2.05, 4.69) is 0 Å². The van der Waals surface area contributed by atoms with E-state index in [9.17, 15) is 4.79 Å². The van der Waals surface area contributed by atoms with Crippen LogP contribution in [0.4, 0.5) is 4.79 Å². The molecule has 0 aromatic carbocycles. The van der Waals surface area contributed by atoms with E-state index < -0.39 is 12.4 Å². The van der Waals surface area contributed by atoms with Crippen LogP contribution in [0.5, 0.6) is 0 Å². The van der Waals surface area contributed by atoms with Crippen LogP contribution in [0.25, 0.3) is 0 Å². The van der Waals surface area contributed by atoms with Crippen LogP contribution in [0.1, 0.15) is 27.2 Å². The monoisotopic (exact) mass is 346 g/mol. The first-order valence-corrected chi connectivity index (χ1v) is 6.55. The Balaban J connectivity index is 3.86. The Morgan fingerprint density at radius 3 is 2.44 bits per heavy atom. The zero-order valence-electron chi connectivity index (χ0n) is 9.90. The van der Waals surface area contributed by atoms with Gasteiger partial charge in [-0.05, 0) is 43.4 Å². The highest BCUT2D eigenvalue weighted by atomic mass is 127. The van der Waals surface area contributed by atoms with Gasteiger partial charge in [0.2, 0.25) is 6.29 Å². The lowest BCUT2D eigenvalue weighted by Crippen LogP contribution is -2.24. The van der Waals surface area contributed by atoms with E-state index in [1.165, 1.54) is 0 Å². The standard InChI is InChI=1S/C10H19IO5/c1-4-13-7-6-9(14-5-2)16-10(12)15-8(3)11/h8-9H,4-7H2,1-3H3. The van der Waals surface area contributed by atoms with Crippen LogP contribution in [0.2, 0.25) is 0 Å². The number of carbonyl (C=O) groups is 1. The lowest BCUT2D eigenvalue weighted by Gasteiger charge is -2.17. The summed E-state index contributed by atoms with van der Waals surface area (Å²) in [7, 11) is 0. The van der Waals surface area contributed by atoms with Gasteiger partial charge in [0, 0.05) is 19.6 Å². The summed E-state index contributed by atoms with van der Waals surface area (Å²) in [6.07, 6.45) is -0.803. The average Bonchev–Trinajstić information content (AvgIpc) is 2.16. The lowest BCUT2D eigenvalue weighted by atomic mass is 10.4. The van der Waals surface area contributed by atoms with Gasteiger partial charge in [-0.15, -0.1) is 0 Å². The number of halogens is 1. The highest BCUT2D eigenvalue weighted by molar-refractivity contribution is 14.1. The van der Waals surface area contributed by atoms with Crippen LogP contribution >= 0.6 is 22.6 Å². The third-order valence-corrected chi connectivity index (χ3v) is 1.80. The first-order valence-electron chi connectivity index (χ1n) is 5.30. The summed E-state index contributed by atoms with van der Waals surface area (Å²) in [5.41, 5.74) is 0. The quantitative estimate of drug-likeness (QED) is 0.222. The largest absolute Gasteiger partial charge is 0.511 e. The number of rotatable bonds is 8. The molecule has 0 bridgehead atoms. The molecule has 0 fully saturated rings. The van der Waals surface area contributed by atoms with Gasteiger partial charge in [0.1, 0.15) is 0 Å². The highest BCUT2D eigenvalue weighted by Crippen LogP contribution is 2.07. The molecular formula is C10H19IO5. The Labute approximate surface area is 110 Å². The normalized spacial score (nSPS) is 14.2. The molecule has 0 saturated carbocycles. The van der Waals surface area contributed by atoms with E-state index in [1.54, 1.807) is 6.92 Å². The molecule has 0 aromatic rings. The van der Waals surface area contributed by atoms with E-state index >= 15 is 0 Å². The van der Waals surface area contributed by atoms with Crippen molar-refractivity contribution in [3.63, 3.8) is 0 Å². The molecule has 0 aliphatic carbocycles. The van der Waals surface area contributed by atoms with Crippen LogP contribution in [0.15, 0.2) is 0 Å². The minimum Gasteiger partial charge on any atom is -0.421 e. The maximum absolute atomic E-state index is 11.2. The van der Waals surface area contributed by atoms with Gasteiger partial charge in [0.05, 0.1) is 6.61 Å². The van der Waals surface area contributed by atoms with Crippen molar-refractivity contribution in [1.29, 1.82) is 0 Å². The molecule has 16 heavy (non-hydrogen) atoms. The maximum Gasteiger partial charge on any atom is 0.511 e. The topological polar surface area (TPSA) is 54.0 Å². The van der Waals surface area contributed by atoms with Gasteiger partial charge in [-0.3, -0.25) is 0 Å². The van der Waals surface area contributed by atoms with Crippen LogP contribution in [0.3, 0.4) is 0 Å². The minimum absolute atomic E-state index is 0.223. The lowest BCUT2D eigenvalue weighted by molar-refractivity contribution is -0.129. The van der Waals surface area contributed by atoms with Gasteiger partial charge >= 0.3 is 6.16 Å². The molecule has 96 valence electrons. The Kier molecular flexibility index (Phi) is 10.0. The van der Waals surface area contributed by atoms with Gasteiger partial charge in [-0.25, -0.2) is 4.79 Å².